The minimum absolute atomic E-state index is 0.0161. The smallest absolute Gasteiger partial charge is 0.355 e. The van der Waals surface area contributed by atoms with Crippen molar-refractivity contribution in [3.8, 4) is 6.07 Å². The van der Waals surface area contributed by atoms with Crippen molar-refractivity contribution in [2.75, 3.05) is 11.5 Å². The number of carbonyl (C=O) groups is 2. The average molecular weight is 313 g/mol. The van der Waals surface area contributed by atoms with E-state index in [1.54, 1.807) is 6.07 Å². The summed E-state index contributed by atoms with van der Waals surface area (Å²) in [4.78, 5) is 23.7. The van der Waals surface area contributed by atoms with Crippen LogP contribution in [0.25, 0.3) is 0 Å². The molecule has 21 heavy (non-hydrogen) atoms. The Morgan fingerprint density at radius 2 is 2.24 bits per heavy atom. The molecule has 2 atom stereocenters. The number of hydrazone groups is 1. The topological polar surface area (TPSA) is 117 Å². The predicted octanol–water partition coefficient (Wildman–Crippen LogP) is -0.393. The van der Waals surface area contributed by atoms with E-state index < -0.39 is 28.0 Å². The molecule has 0 aromatic carbocycles. The summed E-state index contributed by atoms with van der Waals surface area (Å²) in [6, 6.07) is 1.23. The first-order chi connectivity index (χ1) is 9.82. The van der Waals surface area contributed by atoms with E-state index in [1.807, 2.05) is 0 Å². The molecule has 1 amide bonds. The molecule has 0 aromatic heterocycles. The molecule has 2 aliphatic rings. The molecular formula is C12H15N3O5S. The third-order valence-electron chi connectivity index (χ3n) is 3.32. The molecule has 0 N–H and O–H groups in total. The van der Waals surface area contributed by atoms with Crippen molar-refractivity contribution < 1.29 is 22.7 Å². The summed E-state index contributed by atoms with van der Waals surface area (Å²) in [5.74, 6) is -1.18. The summed E-state index contributed by atoms with van der Waals surface area (Å²) in [6.45, 7) is 1.42. The fourth-order valence-corrected chi connectivity index (χ4v) is 3.92. The second-order valence-electron chi connectivity index (χ2n) is 5.02. The van der Waals surface area contributed by atoms with Crippen molar-refractivity contribution in [3.05, 3.63) is 0 Å². The number of amides is 1. The number of esters is 1. The standard InChI is InChI=1S/C12H15N3O5S/c1-8(6-13)20-12(17)10-2-3-11(16)15(14-10)9-4-5-21(18,19)7-9/h8-9H,2-5,7H2,1H3/t8-,9-/m0/s1. The number of ether oxygens (including phenoxy) is 1. The maximum Gasteiger partial charge on any atom is 0.355 e. The highest BCUT2D eigenvalue weighted by molar-refractivity contribution is 7.91. The van der Waals surface area contributed by atoms with Gasteiger partial charge in [0.2, 0.25) is 5.91 Å². The summed E-state index contributed by atoms with van der Waals surface area (Å²) < 4.78 is 27.8. The quantitative estimate of drug-likeness (QED) is 0.655. The van der Waals surface area contributed by atoms with E-state index in [4.69, 9.17) is 10.00 Å². The molecule has 8 nitrogen and oxygen atoms in total. The summed E-state index contributed by atoms with van der Waals surface area (Å²) in [5, 5.41) is 13.6. The molecule has 2 heterocycles. The Kier molecular flexibility index (Phi) is 4.27. The number of sulfone groups is 1. The van der Waals surface area contributed by atoms with Gasteiger partial charge in [0.1, 0.15) is 11.8 Å². The van der Waals surface area contributed by atoms with E-state index >= 15 is 0 Å². The Morgan fingerprint density at radius 1 is 1.52 bits per heavy atom. The molecule has 0 unspecified atom stereocenters. The van der Waals surface area contributed by atoms with Crippen molar-refractivity contribution >= 4 is 27.4 Å². The van der Waals surface area contributed by atoms with E-state index in [1.165, 1.54) is 6.92 Å². The zero-order chi connectivity index (χ0) is 15.6. The second-order valence-corrected chi connectivity index (χ2v) is 7.25. The highest BCUT2D eigenvalue weighted by Crippen LogP contribution is 2.22. The largest absolute Gasteiger partial charge is 0.443 e. The van der Waals surface area contributed by atoms with Gasteiger partial charge in [0.05, 0.1) is 17.5 Å². The van der Waals surface area contributed by atoms with Crippen LogP contribution in [0.3, 0.4) is 0 Å². The lowest BCUT2D eigenvalue weighted by atomic mass is 10.1. The van der Waals surface area contributed by atoms with Crippen molar-refractivity contribution in [3.63, 3.8) is 0 Å². The number of nitriles is 1. The molecule has 1 saturated heterocycles. The molecule has 0 spiro atoms. The first-order valence-electron chi connectivity index (χ1n) is 6.53. The lowest BCUT2D eigenvalue weighted by molar-refractivity contribution is -0.138. The Balaban J connectivity index is 2.14. The van der Waals surface area contributed by atoms with Gasteiger partial charge in [0, 0.05) is 12.8 Å². The number of hydrogen-bond donors (Lipinski definition) is 0. The fraction of sp³-hybridized carbons (Fsp3) is 0.667. The molecule has 2 rings (SSSR count). The number of hydrogen-bond acceptors (Lipinski definition) is 7. The Labute approximate surface area is 122 Å². The van der Waals surface area contributed by atoms with Gasteiger partial charge in [-0.3, -0.25) is 4.79 Å². The summed E-state index contributed by atoms with van der Waals surface area (Å²) in [5.41, 5.74) is 0.0426. The molecule has 1 fully saturated rings. The summed E-state index contributed by atoms with van der Waals surface area (Å²) in [6.07, 6.45) is -0.385. The molecule has 9 heteroatoms. The second kappa shape index (κ2) is 5.81. The van der Waals surface area contributed by atoms with Gasteiger partial charge in [-0.25, -0.2) is 18.2 Å². The van der Waals surface area contributed by atoms with Crippen LogP contribution in [0.1, 0.15) is 26.2 Å². The number of rotatable bonds is 3. The zero-order valence-corrected chi connectivity index (χ0v) is 12.3. The van der Waals surface area contributed by atoms with Crippen LogP contribution in [0.5, 0.6) is 0 Å². The normalized spacial score (nSPS) is 25.9. The summed E-state index contributed by atoms with van der Waals surface area (Å²) in [7, 11) is -3.15. The SMILES string of the molecule is C[C@@H](C#N)OC(=O)C1=NN([C@H]2CCS(=O)(=O)C2)C(=O)CC1. The molecule has 114 valence electrons. The monoisotopic (exact) mass is 313 g/mol. The highest BCUT2D eigenvalue weighted by Gasteiger charge is 2.37. The molecule has 2 aliphatic heterocycles. The third kappa shape index (κ3) is 3.58. The van der Waals surface area contributed by atoms with E-state index in [2.05, 4.69) is 5.10 Å². The van der Waals surface area contributed by atoms with Gasteiger partial charge in [-0.1, -0.05) is 0 Å². The molecule has 0 aliphatic carbocycles. The first kappa shape index (κ1) is 15.4. The van der Waals surface area contributed by atoms with E-state index in [-0.39, 0.29) is 36.0 Å². The van der Waals surface area contributed by atoms with Crippen LogP contribution < -0.4 is 0 Å². The van der Waals surface area contributed by atoms with Crippen molar-refractivity contribution in [1.82, 2.24) is 5.01 Å². The Hall–Kier alpha value is -1.95. The van der Waals surface area contributed by atoms with Gasteiger partial charge in [0.25, 0.3) is 0 Å². The first-order valence-corrected chi connectivity index (χ1v) is 8.35. The van der Waals surface area contributed by atoms with E-state index in [0.717, 1.165) is 5.01 Å². The minimum atomic E-state index is -3.15. The maximum atomic E-state index is 11.9. The zero-order valence-electron chi connectivity index (χ0n) is 11.5. The minimum Gasteiger partial charge on any atom is -0.443 e. The molecule has 0 bridgehead atoms. The van der Waals surface area contributed by atoms with Gasteiger partial charge in [-0.15, -0.1) is 0 Å². The van der Waals surface area contributed by atoms with Gasteiger partial charge < -0.3 is 4.74 Å². The average Bonchev–Trinajstić information content (AvgIpc) is 2.79. The van der Waals surface area contributed by atoms with Crippen LogP contribution in [0.4, 0.5) is 0 Å². The van der Waals surface area contributed by atoms with Crippen molar-refractivity contribution in [1.29, 1.82) is 5.26 Å². The van der Waals surface area contributed by atoms with E-state index in [9.17, 15) is 18.0 Å². The predicted molar refractivity (Wildman–Crippen MR) is 71.7 cm³/mol. The molecule has 0 radical (unpaired) electrons. The fourth-order valence-electron chi connectivity index (χ4n) is 2.23. The molecule has 0 aromatic rings. The van der Waals surface area contributed by atoms with Gasteiger partial charge in [-0.2, -0.15) is 10.4 Å². The van der Waals surface area contributed by atoms with Crippen LogP contribution >= 0.6 is 0 Å². The number of carbonyl (C=O) groups excluding carboxylic acids is 2. The van der Waals surface area contributed by atoms with Crippen LogP contribution in [0.15, 0.2) is 5.10 Å². The lowest BCUT2D eigenvalue weighted by Gasteiger charge is -2.27. The molecule has 0 saturated carbocycles. The highest BCUT2D eigenvalue weighted by atomic mass is 32.2. The van der Waals surface area contributed by atoms with Gasteiger partial charge in [-0.05, 0) is 13.3 Å². The third-order valence-corrected chi connectivity index (χ3v) is 5.07. The van der Waals surface area contributed by atoms with Gasteiger partial charge >= 0.3 is 5.97 Å². The lowest BCUT2D eigenvalue weighted by Crippen LogP contribution is -2.42. The maximum absolute atomic E-state index is 11.9. The van der Waals surface area contributed by atoms with Crippen LogP contribution in [0.2, 0.25) is 0 Å². The van der Waals surface area contributed by atoms with E-state index in [0.29, 0.717) is 6.42 Å². The van der Waals surface area contributed by atoms with Gasteiger partial charge in [0.15, 0.2) is 15.9 Å². The summed E-state index contributed by atoms with van der Waals surface area (Å²) >= 11 is 0. The van der Waals surface area contributed by atoms with Crippen LogP contribution in [-0.4, -0.2) is 54.7 Å². The molecular weight excluding hydrogens is 298 g/mol. The van der Waals surface area contributed by atoms with Crippen molar-refractivity contribution in [2.45, 2.75) is 38.3 Å². The van der Waals surface area contributed by atoms with Crippen LogP contribution in [-0.2, 0) is 24.2 Å². The van der Waals surface area contributed by atoms with Crippen molar-refractivity contribution in [2.24, 2.45) is 5.10 Å². The Morgan fingerprint density at radius 3 is 2.81 bits per heavy atom. The number of nitrogens with zero attached hydrogens (tertiary/aromatic N) is 3. The Bertz CT molecular complexity index is 634. The van der Waals surface area contributed by atoms with Crippen LogP contribution in [0, 0.1) is 11.3 Å².